The van der Waals surface area contributed by atoms with E-state index in [2.05, 4.69) is 9.88 Å². The Hall–Kier alpha value is -3.17. The molecule has 0 radical (unpaired) electrons. The maximum atomic E-state index is 13.4. The highest BCUT2D eigenvalue weighted by Crippen LogP contribution is 2.32. The molecule has 10 heteroatoms. The highest BCUT2D eigenvalue weighted by atomic mass is 35.5. The smallest absolute Gasteiger partial charge is 0.414 e. The molecule has 3 amide bonds. The molecular weight excluding hydrogens is 542 g/mol. The van der Waals surface area contributed by atoms with E-state index in [-0.39, 0.29) is 24.0 Å². The largest absolute Gasteiger partial charge is 0.446 e. The number of carbonyl (C=O) groups excluding carboxylic acids is 3. The predicted octanol–water partition coefficient (Wildman–Crippen LogP) is 4.40. The van der Waals surface area contributed by atoms with Crippen LogP contribution in [0.4, 0.5) is 10.5 Å². The zero-order valence-corrected chi connectivity index (χ0v) is 25.0. The topological polar surface area (TPSA) is 86.3 Å². The SMILES string of the molecule is CC(=O)N1CCC(OC(=O)N(CCCN2CC3CN(C(=O)c4cnccc4C)CC3C2)c2ccc(C)c(Cl)c2)CC1. The summed E-state index contributed by atoms with van der Waals surface area (Å²) in [5.74, 6) is 1.07. The molecule has 0 spiro atoms. The Bertz CT molecular complexity index is 1270. The lowest BCUT2D eigenvalue weighted by atomic mass is 10.0. The van der Waals surface area contributed by atoms with Gasteiger partial charge in [-0.1, -0.05) is 17.7 Å². The number of hydrogen-bond donors (Lipinski definition) is 0. The van der Waals surface area contributed by atoms with Gasteiger partial charge in [-0.2, -0.15) is 0 Å². The van der Waals surface area contributed by atoms with Crippen molar-refractivity contribution in [3.05, 3.63) is 58.4 Å². The van der Waals surface area contributed by atoms with Gasteiger partial charge in [0.05, 0.1) is 5.56 Å². The summed E-state index contributed by atoms with van der Waals surface area (Å²) in [7, 11) is 0. The number of fused-ring (bicyclic) bond motifs is 1. The van der Waals surface area contributed by atoms with Gasteiger partial charge in [-0.3, -0.25) is 19.5 Å². The average Bonchev–Trinajstić information content (AvgIpc) is 3.52. The Morgan fingerprint density at radius 2 is 1.71 bits per heavy atom. The molecular formula is C31H40ClN5O4. The first-order valence-corrected chi connectivity index (χ1v) is 15.0. The Kier molecular flexibility index (Phi) is 9.14. The van der Waals surface area contributed by atoms with Crippen LogP contribution < -0.4 is 4.90 Å². The van der Waals surface area contributed by atoms with Gasteiger partial charge >= 0.3 is 6.09 Å². The molecule has 1 aromatic heterocycles. The number of likely N-dealkylation sites (tertiary alicyclic amines) is 3. The number of nitrogens with zero attached hydrogens (tertiary/aromatic N) is 5. The molecule has 5 rings (SSSR count). The van der Waals surface area contributed by atoms with Gasteiger partial charge < -0.3 is 19.4 Å². The van der Waals surface area contributed by atoms with Crippen LogP contribution in [0.5, 0.6) is 0 Å². The monoisotopic (exact) mass is 581 g/mol. The van der Waals surface area contributed by atoms with Gasteiger partial charge in [-0.05, 0) is 68.0 Å². The number of amides is 3. The molecule has 3 aliphatic rings. The number of carbonyl (C=O) groups is 3. The van der Waals surface area contributed by atoms with Gasteiger partial charge in [-0.15, -0.1) is 0 Å². The third kappa shape index (κ3) is 6.84. The summed E-state index contributed by atoms with van der Waals surface area (Å²) in [6.07, 6.45) is 4.89. The lowest BCUT2D eigenvalue weighted by Crippen LogP contribution is -2.43. The van der Waals surface area contributed by atoms with E-state index < -0.39 is 0 Å². The highest BCUT2D eigenvalue weighted by Gasteiger charge is 2.41. The van der Waals surface area contributed by atoms with Crippen molar-refractivity contribution in [2.45, 2.75) is 46.1 Å². The Balaban J connectivity index is 1.14. The average molecular weight is 582 g/mol. The van der Waals surface area contributed by atoms with Crippen molar-refractivity contribution < 1.29 is 19.1 Å². The van der Waals surface area contributed by atoms with Gasteiger partial charge in [0, 0.05) is 88.7 Å². The number of pyridine rings is 1. The Labute approximate surface area is 247 Å². The van der Waals surface area contributed by atoms with Crippen molar-refractivity contribution in [3.63, 3.8) is 0 Å². The number of hydrogen-bond acceptors (Lipinski definition) is 6. The summed E-state index contributed by atoms with van der Waals surface area (Å²) in [5, 5.41) is 0.614. The van der Waals surface area contributed by atoms with Gasteiger partial charge in [0.1, 0.15) is 6.10 Å². The molecule has 3 saturated heterocycles. The minimum atomic E-state index is -0.371. The first-order valence-electron chi connectivity index (χ1n) is 14.6. The maximum absolute atomic E-state index is 13.4. The highest BCUT2D eigenvalue weighted by molar-refractivity contribution is 6.31. The quantitative estimate of drug-likeness (QED) is 0.482. The van der Waals surface area contributed by atoms with Gasteiger partial charge in [0.15, 0.2) is 0 Å². The van der Waals surface area contributed by atoms with Crippen LogP contribution in [0.1, 0.15) is 47.7 Å². The van der Waals surface area contributed by atoms with E-state index in [0.29, 0.717) is 54.9 Å². The molecule has 1 aromatic carbocycles. The summed E-state index contributed by atoms with van der Waals surface area (Å²) < 4.78 is 5.92. The lowest BCUT2D eigenvalue weighted by molar-refractivity contribution is -0.130. The van der Waals surface area contributed by atoms with Crippen LogP contribution in [0.3, 0.4) is 0 Å². The zero-order valence-electron chi connectivity index (χ0n) is 24.2. The lowest BCUT2D eigenvalue weighted by Gasteiger charge is -2.32. The molecule has 0 saturated carbocycles. The van der Waals surface area contributed by atoms with Crippen LogP contribution in [-0.2, 0) is 9.53 Å². The number of benzene rings is 1. The molecule has 0 N–H and O–H groups in total. The summed E-state index contributed by atoms with van der Waals surface area (Å²) in [5.41, 5.74) is 3.33. The van der Waals surface area contributed by atoms with E-state index in [1.54, 1.807) is 29.1 Å². The number of anilines is 1. The van der Waals surface area contributed by atoms with Crippen LogP contribution in [0.25, 0.3) is 0 Å². The molecule has 220 valence electrons. The van der Waals surface area contributed by atoms with E-state index >= 15 is 0 Å². The number of piperidine rings is 1. The minimum Gasteiger partial charge on any atom is -0.446 e. The van der Waals surface area contributed by atoms with Crippen molar-refractivity contribution >= 4 is 35.2 Å². The second-order valence-electron chi connectivity index (χ2n) is 11.7. The fourth-order valence-electron chi connectivity index (χ4n) is 6.32. The first-order chi connectivity index (χ1) is 19.7. The van der Waals surface area contributed by atoms with Crippen LogP contribution in [0.15, 0.2) is 36.7 Å². The molecule has 4 heterocycles. The van der Waals surface area contributed by atoms with Crippen LogP contribution in [-0.4, -0.2) is 96.1 Å². The molecule has 3 fully saturated rings. The molecule has 41 heavy (non-hydrogen) atoms. The molecule has 2 atom stereocenters. The van der Waals surface area contributed by atoms with Gasteiger partial charge in [-0.25, -0.2) is 4.79 Å². The summed E-state index contributed by atoms with van der Waals surface area (Å²) in [4.78, 5) is 50.2. The second-order valence-corrected chi connectivity index (χ2v) is 12.1. The fourth-order valence-corrected chi connectivity index (χ4v) is 6.49. The van der Waals surface area contributed by atoms with E-state index in [0.717, 1.165) is 56.0 Å². The molecule has 3 aliphatic heterocycles. The first kappa shape index (κ1) is 29.3. The number of halogens is 1. The second kappa shape index (κ2) is 12.8. The Morgan fingerprint density at radius 1 is 1.00 bits per heavy atom. The third-order valence-electron chi connectivity index (χ3n) is 8.82. The van der Waals surface area contributed by atoms with Crippen molar-refractivity contribution in [2.24, 2.45) is 11.8 Å². The van der Waals surface area contributed by atoms with Crippen molar-refractivity contribution in [1.29, 1.82) is 0 Å². The van der Waals surface area contributed by atoms with E-state index in [1.807, 2.05) is 43.0 Å². The third-order valence-corrected chi connectivity index (χ3v) is 9.22. The summed E-state index contributed by atoms with van der Waals surface area (Å²) in [6.45, 7) is 11.5. The zero-order chi connectivity index (χ0) is 29.1. The fraction of sp³-hybridized carbons (Fsp3) is 0.548. The van der Waals surface area contributed by atoms with Crippen molar-refractivity contribution in [1.82, 2.24) is 19.7 Å². The number of aromatic nitrogens is 1. The molecule has 2 aromatic rings. The maximum Gasteiger partial charge on any atom is 0.414 e. The Morgan fingerprint density at radius 3 is 2.34 bits per heavy atom. The van der Waals surface area contributed by atoms with Crippen molar-refractivity contribution in [2.75, 3.05) is 57.3 Å². The van der Waals surface area contributed by atoms with Crippen LogP contribution in [0.2, 0.25) is 5.02 Å². The number of ether oxygens (including phenoxy) is 1. The standard InChI is InChI=1S/C31H40ClN5O4/c1-21-7-10-33-16-28(21)30(39)36-19-24-17-34(18-25(24)20-36)11-4-12-37(26-6-5-22(2)29(32)15-26)31(40)41-27-8-13-35(14-9-27)23(3)38/h5-7,10,15-16,24-25,27H,4,8-9,11-14,17-20H2,1-3H3. The van der Waals surface area contributed by atoms with Crippen molar-refractivity contribution in [3.8, 4) is 0 Å². The minimum absolute atomic E-state index is 0.0552. The molecule has 2 unspecified atom stereocenters. The van der Waals surface area contributed by atoms with Crippen LogP contribution in [0, 0.1) is 25.7 Å². The number of rotatable bonds is 7. The summed E-state index contributed by atoms with van der Waals surface area (Å²) >= 11 is 6.42. The van der Waals surface area contributed by atoms with Gasteiger partial charge in [0.25, 0.3) is 5.91 Å². The molecule has 9 nitrogen and oxygen atoms in total. The molecule has 0 bridgehead atoms. The van der Waals surface area contributed by atoms with Crippen LogP contribution >= 0.6 is 11.6 Å². The van der Waals surface area contributed by atoms with E-state index in [4.69, 9.17) is 16.3 Å². The van der Waals surface area contributed by atoms with E-state index in [9.17, 15) is 14.4 Å². The van der Waals surface area contributed by atoms with Gasteiger partial charge in [0.2, 0.25) is 5.91 Å². The summed E-state index contributed by atoms with van der Waals surface area (Å²) in [6, 6.07) is 7.54. The van der Waals surface area contributed by atoms with E-state index in [1.165, 1.54) is 0 Å². The molecule has 0 aliphatic carbocycles. The number of aryl methyl sites for hydroxylation is 2. The predicted molar refractivity (Wildman–Crippen MR) is 158 cm³/mol. The normalized spacial score (nSPS) is 21.2.